The highest BCUT2D eigenvalue weighted by Crippen LogP contribution is 2.27. The van der Waals surface area contributed by atoms with Crippen molar-refractivity contribution in [3.05, 3.63) is 33.3 Å². The Morgan fingerprint density at radius 2 is 2.05 bits per heavy atom. The first-order valence-corrected chi connectivity index (χ1v) is 6.90. The van der Waals surface area contributed by atoms with Gasteiger partial charge in [-0.25, -0.2) is 0 Å². The monoisotopic (exact) mass is 329 g/mol. The summed E-state index contributed by atoms with van der Waals surface area (Å²) in [5.74, 6) is -0.438. The minimum atomic E-state index is -0.570. The summed E-state index contributed by atoms with van der Waals surface area (Å²) in [5.41, 5.74) is 2.40. The van der Waals surface area contributed by atoms with Crippen LogP contribution in [0, 0.1) is 10.1 Å². The van der Waals surface area contributed by atoms with Crippen molar-refractivity contribution in [1.29, 1.82) is 0 Å². The highest BCUT2D eigenvalue weighted by Gasteiger charge is 2.15. The van der Waals surface area contributed by atoms with Crippen LogP contribution in [-0.4, -0.2) is 30.0 Å². The third kappa shape index (κ3) is 5.57. The molecule has 0 spiro atoms. The van der Waals surface area contributed by atoms with Gasteiger partial charge < -0.3 is 9.47 Å². The number of nitro groups is 1. The summed E-state index contributed by atoms with van der Waals surface area (Å²) in [6, 6.07) is 4.01. The van der Waals surface area contributed by atoms with Crippen LogP contribution in [0.4, 0.5) is 11.4 Å². The molecule has 1 N–H and O–H groups in total. The summed E-state index contributed by atoms with van der Waals surface area (Å²) in [4.78, 5) is 21.8. The van der Waals surface area contributed by atoms with E-state index in [9.17, 15) is 14.9 Å². The van der Waals surface area contributed by atoms with Crippen molar-refractivity contribution >= 4 is 34.8 Å². The minimum Gasteiger partial charge on any atom is -0.480 e. The van der Waals surface area contributed by atoms with Crippen molar-refractivity contribution in [3.8, 4) is 0 Å². The molecule has 0 aromatic heterocycles. The summed E-state index contributed by atoms with van der Waals surface area (Å²) >= 11 is 5.81. The molecule has 0 saturated carbocycles. The molecule has 0 saturated heterocycles. The van der Waals surface area contributed by atoms with E-state index in [0.717, 1.165) is 0 Å². The van der Waals surface area contributed by atoms with E-state index in [0.29, 0.717) is 5.02 Å². The number of nitro benzene ring substituents is 1. The molecule has 0 radical (unpaired) electrons. The van der Waals surface area contributed by atoms with Gasteiger partial charge in [0.25, 0.3) is 5.69 Å². The molecule has 0 fully saturated rings. The van der Waals surface area contributed by atoms with Crippen LogP contribution in [0.25, 0.3) is 0 Å². The van der Waals surface area contributed by atoms with Gasteiger partial charge in [0.2, 0.25) is 5.90 Å². The number of carbonyl (C=O) groups is 1. The van der Waals surface area contributed by atoms with E-state index >= 15 is 0 Å². The van der Waals surface area contributed by atoms with Crippen molar-refractivity contribution in [3.63, 3.8) is 0 Å². The predicted octanol–water partition coefficient (Wildman–Crippen LogP) is 2.96. The van der Waals surface area contributed by atoms with Crippen molar-refractivity contribution in [2.75, 3.05) is 18.6 Å². The molecule has 9 heteroatoms. The smallest absolute Gasteiger partial charge is 0.315 e. The van der Waals surface area contributed by atoms with Crippen LogP contribution in [0.1, 0.15) is 20.3 Å². The maximum atomic E-state index is 11.4. The van der Waals surface area contributed by atoms with Crippen molar-refractivity contribution < 1.29 is 19.2 Å². The molecule has 0 bridgehead atoms. The fourth-order valence-corrected chi connectivity index (χ4v) is 1.68. The Kier molecular flexibility index (Phi) is 7.11. The topological polar surface area (TPSA) is 103 Å². The number of hydrogen-bond donors (Lipinski definition) is 1. The summed E-state index contributed by atoms with van der Waals surface area (Å²) in [5, 5.41) is 15.1. The molecule has 0 aliphatic carbocycles. The fraction of sp³-hybridized carbons (Fsp3) is 0.385. The largest absolute Gasteiger partial charge is 0.480 e. The van der Waals surface area contributed by atoms with E-state index < -0.39 is 10.9 Å². The normalized spacial score (nSPS) is 11.0. The van der Waals surface area contributed by atoms with Crippen LogP contribution in [0.15, 0.2) is 23.3 Å². The number of nitrogens with one attached hydrogen (secondary N) is 1. The number of rotatable bonds is 7. The Balaban J connectivity index is 2.92. The highest BCUT2D eigenvalue weighted by molar-refractivity contribution is 6.31. The SMILES string of the molecule is CCOC(=O)CC(=NNc1cc(Cl)ccc1[N+](=O)[O-])OCC. The predicted molar refractivity (Wildman–Crippen MR) is 82.0 cm³/mol. The molecule has 8 nitrogen and oxygen atoms in total. The highest BCUT2D eigenvalue weighted by atomic mass is 35.5. The lowest BCUT2D eigenvalue weighted by atomic mass is 10.3. The zero-order chi connectivity index (χ0) is 16.5. The van der Waals surface area contributed by atoms with Gasteiger partial charge in [-0.2, -0.15) is 0 Å². The zero-order valence-corrected chi connectivity index (χ0v) is 12.9. The lowest BCUT2D eigenvalue weighted by Gasteiger charge is -2.08. The molecule has 0 heterocycles. The van der Waals surface area contributed by atoms with Gasteiger partial charge >= 0.3 is 5.97 Å². The van der Waals surface area contributed by atoms with Crippen LogP contribution < -0.4 is 5.43 Å². The number of anilines is 1. The van der Waals surface area contributed by atoms with E-state index in [2.05, 4.69) is 10.5 Å². The van der Waals surface area contributed by atoms with Gasteiger partial charge in [0.1, 0.15) is 12.1 Å². The Morgan fingerprint density at radius 1 is 1.36 bits per heavy atom. The molecule has 1 aromatic rings. The van der Waals surface area contributed by atoms with Crippen LogP contribution in [0.2, 0.25) is 5.02 Å². The van der Waals surface area contributed by atoms with Gasteiger partial charge in [-0.15, -0.1) is 5.10 Å². The average molecular weight is 330 g/mol. The van der Waals surface area contributed by atoms with Gasteiger partial charge in [0.15, 0.2) is 0 Å². The molecule has 0 unspecified atom stereocenters. The third-order valence-corrected chi connectivity index (χ3v) is 2.60. The maximum absolute atomic E-state index is 11.4. The van der Waals surface area contributed by atoms with E-state index in [-0.39, 0.29) is 36.9 Å². The molecular weight excluding hydrogens is 314 g/mol. The molecule has 0 amide bonds. The number of nitrogens with zero attached hydrogens (tertiary/aromatic N) is 2. The molecule has 0 atom stereocenters. The van der Waals surface area contributed by atoms with Crippen LogP contribution in [0.5, 0.6) is 0 Å². The average Bonchev–Trinajstić information content (AvgIpc) is 2.45. The van der Waals surface area contributed by atoms with Crippen LogP contribution in [0.3, 0.4) is 0 Å². The van der Waals surface area contributed by atoms with E-state index in [4.69, 9.17) is 21.1 Å². The third-order valence-electron chi connectivity index (χ3n) is 2.37. The second-order valence-electron chi connectivity index (χ2n) is 3.95. The van der Waals surface area contributed by atoms with Crippen molar-refractivity contribution in [2.24, 2.45) is 5.10 Å². The van der Waals surface area contributed by atoms with Crippen LogP contribution >= 0.6 is 11.6 Å². The Bertz CT molecular complexity index is 577. The Hall–Kier alpha value is -2.35. The van der Waals surface area contributed by atoms with Gasteiger partial charge in [-0.3, -0.25) is 20.3 Å². The summed E-state index contributed by atoms with van der Waals surface area (Å²) in [6.45, 7) is 3.94. The van der Waals surface area contributed by atoms with Gasteiger partial charge in [-0.05, 0) is 26.0 Å². The van der Waals surface area contributed by atoms with E-state index in [1.807, 2.05) is 0 Å². The minimum absolute atomic E-state index is 0.0650. The molecule has 0 aliphatic heterocycles. The molecule has 1 rings (SSSR count). The molecule has 0 aliphatic rings. The van der Waals surface area contributed by atoms with Crippen molar-refractivity contribution in [2.45, 2.75) is 20.3 Å². The zero-order valence-electron chi connectivity index (χ0n) is 12.2. The van der Waals surface area contributed by atoms with E-state index in [1.165, 1.54) is 18.2 Å². The fourth-order valence-electron chi connectivity index (χ4n) is 1.50. The second kappa shape index (κ2) is 8.83. The van der Waals surface area contributed by atoms with E-state index in [1.54, 1.807) is 13.8 Å². The van der Waals surface area contributed by atoms with Crippen molar-refractivity contribution in [1.82, 2.24) is 0 Å². The summed E-state index contributed by atoms with van der Waals surface area (Å²) in [6.07, 6.45) is -0.178. The van der Waals surface area contributed by atoms with Gasteiger partial charge in [0, 0.05) is 11.1 Å². The maximum Gasteiger partial charge on any atom is 0.315 e. The number of carbonyl (C=O) groups excluding carboxylic acids is 1. The molecular formula is C13H16ClN3O5. The van der Waals surface area contributed by atoms with Crippen LogP contribution in [-0.2, 0) is 14.3 Å². The summed E-state index contributed by atoms with van der Waals surface area (Å²) < 4.78 is 9.99. The lowest BCUT2D eigenvalue weighted by Crippen LogP contribution is -2.15. The standard InChI is InChI=1S/C13H16ClN3O5/c1-3-21-12(8-13(18)22-4-2)16-15-10-7-9(14)5-6-11(10)17(19)20/h5-7,15H,3-4,8H2,1-2H3. The first kappa shape index (κ1) is 17.7. The molecule has 1 aromatic carbocycles. The lowest BCUT2D eigenvalue weighted by molar-refractivity contribution is -0.384. The first-order chi connectivity index (χ1) is 10.5. The van der Waals surface area contributed by atoms with Gasteiger partial charge in [0.05, 0.1) is 18.1 Å². The number of hydrogen-bond acceptors (Lipinski definition) is 7. The number of esters is 1. The summed E-state index contributed by atoms with van der Waals surface area (Å²) in [7, 11) is 0. The Labute approximate surface area is 132 Å². The number of hydrazone groups is 1. The van der Waals surface area contributed by atoms with Gasteiger partial charge in [-0.1, -0.05) is 11.6 Å². The Morgan fingerprint density at radius 3 is 2.64 bits per heavy atom. The molecule has 22 heavy (non-hydrogen) atoms. The first-order valence-electron chi connectivity index (χ1n) is 6.52. The number of ether oxygens (including phenoxy) is 2. The quantitative estimate of drug-likeness (QED) is 0.271. The number of halogens is 1. The second-order valence-corrected chi connectivity index (χ2v) is 4.39. The number of benzene rings is 1. The molecule has 120 valence electrons.